The average molecular weight is 340 g/mol. The van der Waals surface area contributed by atoms with Crippen LogP contribution in [-0.2, 0) is 17.8 Å². The van der Waals surface area contributed by atoms with Gasteiger partial charge >= 0.3 is 0 Å². The van der Waals surface area contributed by atoms with E-state index in [1.54, 1.807) is 6.92 Å². The Hall–Kier alpha value is -2.96. The van der Waals surface area contributed by atoms with Crippen LogP contribution in [0, 0.1) is 6.92 Å². The van der Waals surface area contributed by atoms with E-state index in [2.05, 4.69) is 27.6 Å². The number of hydrogen-bond donors (Lipinski definition) is 1. The number of carbonyl (C=O) groups excluding carboxylic acids is 1. The molecule has 25 heavy (non-hydrogen) atoms. The summed E-state index contributed by atoms with van der Waals surface area (Å²) in [5, 5.41) is 6.96. The van der Waals surface area contributed by atoms with Gasteiger partial charge in [0.25, 0.3) is 11.3 Å². The summed E-state index contributed by atoms with van der Waals surface area (Å²) < 4.78 is 6.22. The van der Waals surface area contributed by atoms with Crippen LogP contribution in [0.1, 0.15) is 24.6 Å². The average Bonchev–Trinajstić information content (AvgIpc) is 2.98. The number of benzene rings is 1. The summed E-state index contributed by atoms with van der Waals surface area (Å²) >= 11 is 0. The first-order valence-electron chi connectivity index (χ1n) is 8.19. The number of nitrogens with one attached hydrogen (secondary N) is 1. The molecular weight excluding hydrogens is 320 g/mol. The summed E-state index contributed by atoms with van der Waals surface area (Å²) in [6.07, 6.45) is 3.02. The molecule has 1 unspecified atom stereocenters. The summed E-state index contributed by atoms with van der Waals surface area (Å²) in [4.78, 5) is 28.6. The highest BCUT2D eigenvalue weighted by Crippen LogP contribution is 2.09. The third kappa shape index (κ3) is 3.93. The van der Waals surface area contributed by atoms with Crippen LogP contribution in [0.4, 0.5) is 0 Å². The molecule has 0 saturated carbocycles. The van der Waals surface area contributed by atoms with Gasteiger partial charge in [0, 0.05) is 6.04 Å². The molecule has 3 rings (SSSR count). The van der Waals surface area contributed by atoms with Gasteiger partial charge in [-0.2, -0.15) is 0 Å². The molecule has 0 fully saturated rings. The molecule has 130 valence electrons. The summed E-state index contributed by atoms with van der Waals surface area (Å²) in [6.45, 7) is 3.54. The largest absolute Gasteiger partial charge is 0.352 e. The maximum Gasteiger partial charge on any atom is 0.267 e. The lowest BCUT2D eigenvalue weighted by Crippen LogP contribution is -2.37. The van der Waals surface area contributed by atoms with Crippen LogP contribution in [0.15, 0.2) is 46.0 Å². The lowest BCUT2D eigenvalue weighted by atomic mass is 10.1. The molecule has 0 aliphatic carbocycles. The Kier molecular flexibility index (Phi) is 4.92. The molecule has 7 nitrogen and oxygen atoms in total. The van der Waals surface area contributed by atoms with Crippen molar-refractivity contribution in [2.75, 3.05) is 0 Å². The Morgan fingerprint density at radius 1 is 1.32 bits per heavy atom. The summed E-state index contributed by atoms with van der Waals surface area (Å²) in [7, 11) is 0. The van der Waals surface area contributed by atoms with Gasteiger partial charge in [-0.25, -0.2) is 4.98 Å². The highest BCUT2D eigenvalue weighted by molar-refractivity contribution is 5.77. The molecule has 7 heteroatoms. The second-order valence-electron chi connectivity index (χ2n) is 6.12. The van der Waals surface area contributed by atoms with Gasteiger partial charge in [-0.05, 0) is 32.3 Å². The normalized spacial score (nSPS) is 12.2. The smallest absolute Gasteiger partial charge is 0.267 e. The lowest BCUT2D eigenvalue weighted by Gasteiger charge is -2.14. The molecule has 0 radical (unpaired) electrons. The van der Waals surface area contributed by atoms with E-state index >= 15 is 0 Å². The SMILES string of the molecule is Cc1noc2ncn(CC(=O)NC(C)CCc3ccccc3)c(=O)c12. The second-order valence-corrected chi connectivity index (χ2v) is 6.12. The second kappa shape index (κ2) is 7.29. The standard InChI is InChI=1S/C18H20N4O3/c1-12(8-9-14-6-4-3-5-7-14)20-15(23)10-22-11-19-17-16(18(22)24)13(2)21-25-17/h3-7,11-12H,8-10H2,1-2H3,(H,20,23). The Labute approximate surface area is 144 Å². The number of rotatable bonds is 6. The molecule has 1 amide bonds. The van der Waals surface area contributed by atoms with Gasteiger partial charge in [0.05, 0.1) is 5.69 Å². The van der Waals surface area contributed by atoms with Gasteiger partial charge in [0.2, 0.25) is 5.91 Å². The van der Waals surface area contributed by atoms with Crippen LogP contribution in [-0.4, -0.2) is 26.7 Å². The number of nitrogens with zero attached hydrogens (tertiary/aromatic N) is 3. The third-order valence-corrected chi connectivity index (χ3v) is 4.06. The van der Waals surface area contributed by atoms with Crippen LogP contribution in [0.5, 0.6) is 0 Å². The summed E-state index contributed by atoms with van der Waals surface area (Å²) in [5.41, 5.74) is 1.57. The monoisotopic (exact) mass is 340 g/mol. The van der Waals surface area contributed by atoms with Gasteiger partial charge in [-0.15, -0.1) is 0 Å². The van der Waals surface area contributed by atoms with E-state index in [-0.39, 0.29) is 29.8 Å². The van der Waals surface area contributed by atoms with Crippen LogP contribution < -0.4 is 10.9 Å². The van der Waals surface area contributed by atoms with E-state index in [0.717, 1.165) is 12.8 Å². The van der Waals surface area contributed by atoms with Crippen molar-refractivity contribution in [2.45, 2.75) is 39.3 Å². The van der Waals surface area contributed by atoms with E-state index in [1.165, 1.54) is 16.5 Å². The van der Waals surface area contributed by atoms with Crippen molar-refractivity contribution in [1.29, 1.82) is 0 Å². The number of fused-ring (bicyclic) bond motifs is 1. The molecule has 1 aromatic carbocycles. The van der Waals surface area contributed by atoms with Crippen molar-refractivity contribution in [2.24, 2.45) is 0 Å². The Morgan fingerprint density at radius 2 is 2.08 bits per heavy atom. The molecular formula is C18H20N4O3. The topological polar surface area (TPSA) is 90.0 Å². The maximum atomic E-state index is 12.4. The van der Waals surface area contributed by atoms with Crippen molar-refractivity contribution in [3.63, 3.8) is 0 Å². The molecule has 1 atom stereocenters. The van der Waals surface area contributed by atoms with Gasteiger partial charge in [0.1, 0.15) is 18.3 Å². The number of carbonyl (C=O) groups is 1. The first-order chi connectivity index (χ1) is 12.0. The van der Waals surface area contributed by atoms with Gasteiger partial charge < -0.3 is 9.84 Å². The molecule has 3 aromatic rings. The highest BCUT2D eigenvalue weighted by atomic mass is 16.5. The zero-order valence-electron chi connectivity index (χ0n) is 14.2. The predicted molar refractivity (Wildman–Crippen MR) is 93.2 cm³/mol. The van der Waals surface area contributed by atoms with Gasteiger partial charge in [-0.3, -0.25) is 14.2 Å². The van der Waals surface area contributed by atoms with Crippen LogP contribution >= 0.6 is 0 Å². The van der Waals surface area contributed by atoms with Crippen LogP contribution in [0.25, 0.3) is 11.1 Å². The van der Waals surface area contributed by atoms with Gasteiger partial charge in [-0.1, -0.05) is 35.5 Å². The first kappa shape index (κ1) is 16.9. The fourth-order valence-corrected chi connectivity index (χ4v) is 2.70. The maximum absolute atomic E-state index is 12.4. The fourth-order valence-electron chi connectivity index (χ4n) is 2.70. The van der Waals surface area contributed by atoms with Crippen molar-refractivity contribution < 1.29 is 9.32 Å². The first-order valence-corrected chi connectivity index (χ1v) is 8.19. The van der Waals surface area contributed by atoms with Crippen molar-refractivity contribution >= 4 is 17.0 Å². The minimum Gasteiger partial charge on any atom is -0.352 e. The Bertz CT molecular complexity index is 930. The number of aromatic nitrogens is 3. The van der Waals surface area contributed by atoms with E-state index in [9.17, 15) is 9.59 Å². The van der Waals surface area contributed by atoms with E-state index in [4.69, 9.17) is 4.52 Å². The highest BCUT2D eigenvalue weighted by Gasteiger charge is 2.14. The van der Waals surface area contributed by atoms with Crippen LogP contribution in [0.2, 0.25) is 0 Å². The van der Waals surface area contributed by atoms with E-state index in [1.807, 2.05) is 25.1 Å². The summed E-state index contributed by atoms with van der Waals surface area (Å²) in [6, 6.07) is 10.1. The van der Waals surface area contributed by atoms with E-state index < -0.39 is 0 Å². The number of aryl methyl sites for hydroxylation is 2. The number of amides is 1. The summed E-state index contributed by atoms with van der Waals surface area (Å²) in [5.74, 6) is -0.224. The fraction of sp³-hybridized carbons (Fsp3) is 0.333. The molecule has 2 heterocycles. The lowest BCUT2D eigenvalue weighted by molar-refractivity contribution is -0.122. The van der Waals surface area contributed by atoms with Crippen molar-refractivity contribution in [3.05, 3.63) is 58.3 Å². The number of hydrogen-bond acceptors (Lipinski definition) is 5. The molecule has 1 N–H and O–H groups in total. The zero-order valence-corrected chi connectivity index (χ0v) is 14.2. The van der Waals surface area contributed by atoms with E-state index in [0.29, 0.717) is 11.1 Å². The molecule has 0 saturated heterocycles. The van der Waals surface area contributed by atoms with Crippen LogP contribution in [0.3, 0.4) is 0 Å². The molecule has 0 spiro atoms. The zero-order chi connectivity index (χ0) is 17.8. The predicted octanol–water partition coefficient (Wildman–Crippen LogP) is 1.83. The molecule has 0 aliphatic heterocycles. The van der Waals surface area contributed by atoms with Crippen molar-refractivity contribution in [1.82, 2.24) is 20.0 Å². The minimum absolute atomic E-state index is 0.0115. The molecule has 0 aliphatic rings. The third-order valence-electron chi connectivity index (χ3n) is 4.06. The Balaban J connectivity index is 1.60. The molecule has 2 aromatic heterocycles. The Morgan fingerprint density at radius 3 is 2.84 bits per heavy atom. The van der Waals surface area contributed by atoms with Gasteiger partial charge in [0.15, 0.2) is 0 Å². The molecule has 0 bridgehead atoms. The minimum atomic E-state index is -0.323. The quantitative estimate of drug-likeness (QED) is 0.739. The van der Waals surface area contributed by atoms with Crippen molar-refractivity contribution in [3.8, 4) is 0 Å².